The standard InChI is InChI=1S/C13H11F5S/c1-10-2-4-11(5-3-10)12-6-8-13(9-7-12)19(14,15,16,17)18/h2-9H,1H3. The van der Waals surface area contributed by atoms with Crippen molar-refractivity contribution in [2.24, 2.45) is 0 Å². The summed E-state index contributed by atoms with van der Waals surface area (Å²) >= 11 is 0. The van der Waals surface area contributed by atoms with Crippen molar-refractivity contribution in [3.63, 3.8) is 0 Å². The van der Waals surface area contributed by atoms with Gasteiger partial charge in [-0.3, -0.25) is 0 Å². The summed E-state index contributed by atoms with van der Waals surface area (Å²) in [5.74, 6) is 0. The molecule has 0 spiro atoms. The third-order valence-corrected chi connectivity index (χ3v) is 3.85. The minimum atomic E-state index is -9.57. The van der Waals surface area contributed by atoms with Crippen LogP contribution >= 0.6 is 10.2 Å². The van der Waals surface area contributed by atoms with Crippen LogP contribution < -0.4 is 0 Å². The summed E-state index contributed by atoms with van der Waals surface area (Å²) in [6.07, 6.45) is 0. The molecule has 0 radical (unpaired) electrons. The number of rotatable bonds is 2. The highest BCUT2D eigenvalue weighted by atomic mass is 32.5. The van der Waals surface area contributed by atoms with E-state index in [0.29, 0.717) is 23.3 Å². The lowest BCUT2D eigenvalue weighted by Crippen LogP contribution is -2.05. The molecule has 0 nitrogen and oxygen atoms in total. The van der Waals surface area contributed by atoms with Gasteiger partial charge in [0.15, 0.2) is 0 Å². The van der Waals surface area contributed by atoms with Crippen molar-refractivity contribution in [3.05, 3.63) is 54.1 Å². The van der Waals surface area contributed by atoms with Gasteiger partial charge in [0, 0.05) is 0 Å². The molecule has 0 unspecified atom stereocenters. The molecular weight excluding hydrogens is 283 g/mol. The molecule has 0 heterocycles. The molecule has 19 heavy (non-hydrogen) atoms. The van der Waals surface area contributed by atoms with Crippen molar-refractivity contribution in [1.82, 2.24) is 0 Å². The summed E-state index contributed by atoms with van der Waals surface area (Å²) < 4.78 is 62.7. The zero-order valence-corrected chi connectivity index (χ0v) is 10.7. The molecule has 0 saturated carbocycles. The molecule has 0 fully saturated rings. The van der Waals surface area contributed by atoms with E-state index in [1.165, 1.54) is 0 Å². The van der Waals surface area contributed by atoms with Gasteiger partial charge in [0.2, 0.25) is 0 Å². The van der Waals surface area contributed by atoms with E-state index in [-0.39, 0.29) is 0 Å². The Bertz CT molecular complexity index is 596. The Morgan fingerprint density at radius 1 is 0.632 bits per heavy atom. The van der Waals surface area contributed by atoms with Crippen molar-refractivity contribution in [2.45, 2.75) is 11.8 Å². The molecule has 0 atom stereocenters. The molecule has 0 amide bonds. The molecule has 0 aromatic heterocycles. The number of benzene rings is 2. The Labute approximate surface area is 107 Å². The first-order valence-electron chi connectivity index (χ1n) is 5.37. The Kier molecular flexibility index (Phi) is 2.56. The van der Waals surface area contributed by atoms with Crippen LogP contribution in [-0.4, -0.2) is 0 Å². The molecule has 0 aliphatic heterocycles. The molecule has 2 aromatic rings. The maximum atomic E-state index is 12.5. The third kappa shape index (κ3) is 3.26. The smallest absolute Gasteiger partial charge is 0.0936 e. The van der Waals surface area contributed by atoms with Crippen molar-refractivity contribution >= 4 is 10.2 Å². The first kappa shape index (κ1) is 13.9. The largest absolute Gasteiger partial charge is 0.310 e. The van der Waals surface area contributed by atoms with Gasteiger partial charge in [-0.25, -0.2) is 0 Å². The molecule has 0 aliphatic carbocycles. The van der Waals surface area contributed by atoms with E-state index >= 15 is 0 Å². The zero-order valence-electron chi connectivity index (χ0n) is 9.92. The first-order valence-corrected chi connectivity index (χ1v) is 7.32. The topological polar surface area (TPSA) is 0 Å². The Balaban J connectivity index is 2.43. The second-order valence-corrected chi connectivity index (χ2v) is 6.77. The average Bonchev–Trinajstić information content (AvgIpc) is 2.27. The van der Waals surface area contributed by atoms with Crippen molar-refractivity contribution in [3.8, 4) is 11.1 Å². The van der Waals surface area contributed by atoms with Crippen LogP contribution in [0.4, 0.5) is 19.4 Å². The minimum Gasteiger partial charge on any atom is -0.0936 e. The van der Waals surface area contributed by atoms with E-state index in [9.17, 15) is 19.4 Å². The Hall–Kier alpha value is -1.56. The van der Waals surface area contributed by atoms with Gasteiger partial charge in [-0.1, -0.05) is 61.4 Å². The fourth-order valence-electron chi connectivity index (χ4n) is 1.65. The molecule has 6 heteroatoms. The number of hydrogen-bond acceptors (Lipinski definition) is 0. The Morgan fingerprint density at radius 2 is 1.00 bits per heavy atom. The lowest BCUT2D eigenvalue weighted by atomic mass is 10.0. The van der Waals surface area contributed by atoms with Crippen molar-refractivity contribution < 1.29 is 19.4 Å². The van der Waals surface area contributed by atoms with E-state index in [1.807, 2.05) is 6.92 Å². The lowest BCUT2D eigenvalue weighted by Gasteiger charge is -2.40. The normalized spacial score (nSPS) is 15.7. The number of hydrogen-bond donors (Lipinski definition) is 0. The summed E-state index contributed by atoms with van der Waals surface area (Å²) in [6.45, 7) is 1.88. The van der Waals surface area contributed by atoms with Gasteiger partial charge in [0.25, 0.3) is 0 Å². The number of halogens is 5. The molecule has 0 saturated heterocycles. The van der Waals surface area contributed by atoms with Crippen molar-refractivity contribution in [1.29, 1.82) is 0 Å². The highest BCUT2D eigenvalue weighted by Crippen LogP contribution is 3.02. The SMILES string of the molecule is Cc1ccc(-c2ccc(S(F)(F)(F)(F)F)cc2)cc1. The van der Waals surface area contributed by atoms with Crippen LogP contribution in [-0.2, 0) is 0 Å². The molecule has 2 aromatic carbocycles. The first-order chi connectivity index (χ1) is 8.45. The molecule has 2 rings (SSSR count). The summed E-state index contributed by atoms with van der Waals surface area (Å²) in [5, 5.41) is 0. The maximum Gasteiger partial charge on any atom is 0.310 e. The van der Waals surface area contributed by atoms with Crippen LogP contribution in [0, 0.1) is 6.92 Å². The fraction of sp³-hybridized carbons (Fsp3) is 0.0769. The molecule has 0 aliphatic rings. The average molecular weight is 294 g/mol. The minimum absolute atomic E-state index is 0.427. The predicted molar refractivity (Wildman–Crippen MR) is 68.0 cm³/mol. The summed E-state index contributed by atoms with van der Waals surface area (Å²) in [5.41, 5.74) is 2.15. The molecule has 0 N–H and O–H groups in total. The van der Waals surface area contributed by atoms with Gasteiger partial charge in [0.05, 0.1) is 0 Å². The second-order valence-electron chi connectivity index (χ2n) is 4.36. The quantitative estimate of drug-likeness (QED) is 0.568. The summed E-state index contributed by atoms with van der Waals surface area (Å²) in [6, 6.07) is 10.0. The van der Waals surface area contributed by atoms with Crippen molar-refractivity contribution in [2.75, 3.05) is 0 Å². The monoisotopic (exact) mass is 294 g/mol. The van der Waals surface area contributed by atoms with Gasteiger partial charge >= 0.3 is 10.2 Å². The van der Waals surface area contributed by atoms with Gasteiger partial charge in [-0.15, -0.1) is 0 Å². The molecule has 104 valence electrons. The van der Waals surface area contributed by atoms with Gasteiger partial charge < -0.3 is 0 Å². The van der Waals surface area contributed by atoms with Gasteiger partial charge in [-0.2, -0.15) is 0 Å². The van der Waals surface area contributed by atoms with E-state index < -0.39 is 15.1 Å². The predicted octanol–water partition coefficient (Wildman–Crippen LogP) is 6.32. The van der Waals surface area contributed by atoms with E-state index in [0.717, 1.165) is 17.7 Å². The fourth-order valence-corrected chi connectivity index (χ4v) is 2.30. The number of aryl methyl sites for hydroxylation is 1. The summed E-state index contributed by atoms with van der Waals surface area (Å²) in [7, 11) is -9.57. The van der Waals surface area contributed by atoms with Crippen LogP contribution in [0.2, 0.25) is 0 Å². The summed E-state index contributed by atoms with van der Waals surface area (Å²) in [4.78, 5) is -1.86. The van der Waals surface area contributed by atoms with Crippen LogP contribution in [0.15, 0.2) is 53.4 Å². The molecule has 0 bridgehead atoms. The van der Waals surface area contributed by atoms with Crippen LogP contribution in [0.1, 0.15) is 5.56 Å². The van der Waals surface area contributed by atoms with Gasteiger partial charge in [0.1, 0.15) is 4.90 Å². The van der Waals surface area contributed by atoms with E-state index in [2.05, 4.69) is 0 Å². The van der Waals surface area contributed by atoms with E-state index in [1.54, 1.807) is 24.3 Å². The molecular formula is C13H11F5S. The zero-order chi connectivity index (χ0) is 14.4. The highest BCUT2D eigenvalue weighted by Gasteiger charge is 2.65. The van der Waals surface area contributed by atoms with Crippen LogP contribution in [0.25, 0.3) is 11.1 Å². The van der Waals surface area contributed by atoms with Crippen LogP contribution in [0.3, 0.4) is 0 Å². The maximum absolute atomic E-state index is 12.5. The third-order valence-electron chi connectivity index (χ3n) is 2.68. The van der Waals surface area contributed by atoms with E-state index in [4.69, 9.17) is 0 Å². The highest BCUT2D eigenvalue weighted by molar-refractivity contribution is 8.45. The lowest BCUT2D eigenvalue weighted by molar-refractivity contribution is 0.364. The Morgan fingerprint density at radius 3 is 1.37 bits per heavy atom. The van der Waals surface area contributed by atoms with Crippen LogP contribution in [0.5, 0.6) is 0 Å². The van der Waals surface area contributed by atoms with Gasteiger partial charge in [-0.05, 0) is 30.2 Å². The second kappa shape index (κ2) is 3.50.